The summed E-state index contributed by atoms with van der Waals surface area (Å²) in [4.78, 5) is 11.0. The summed E-state index contributed by atoms with van der Waals surface area (Å²) >= 11 is 0. The lowest BCUT2D eigenvalue weighted by atomic mass is 10.1. The van der Waals surface area contributed by atoms with Gasteiger partial charge in [-0.25, -0.2) is 4.79 Å². The van der Waals surface area contributed by atoms with Crippen LogP contribution in [0.3, 0.4) is 0 Å². The molecule has 4 nitrogen and oxygen atoms in total. The fourth-order valence-corrected chi connectivity index (χ4v) is 0.889. The van der Waals surface area contributed by atoms with Crippen LogP contribution in [0.15, 0.2) is 24.0 Å². The smallest absolute Gasteiger partial charge is 0.383 e. The van der Waals surface area contributed by atoms with Crippen LogP contribution in [0.4, 0.5) is 0 Å². The van der Waals surface area contributed by atoms with Crippen LogP contribution in [-0.2, 0) is 14.3 Å². The van der Waals surface area contributed by atoms with Crippen LogP contribution >= 0.6 is 0 Å². The van der Waals surface area contributed by atoms with Crippen molar-refractivity contribution in [3.05, 3.63) is 24.0 Å². The van der Waals surface area contributed by atoms with Gasteiger partial charge in [-0.3, -0.25) is 0 Å². The van der Waals surface area contributed by atoms with Gasteiger partial charge in [-0.05, 0) is 18.6 Å². The molecule has 1 aliphatic heterocycles. The highest BCUT2D eigenvalue weighted by atomic mass is 16.7. The summed E-state index contributed by atoms with van der Waals surface area (Å²) in [7, 11) is 1.19. The molecule has 66 valence electrons. The molecule has 0 bridgehead atoms. The van der Waals surface area contributed by atoms with Crippen molar-refractivity contribution < 1.29 is 19.4 Å². The van der Waals surface area contributed by atoms with Crippen molar-refractivity contribution in [2.24, 2.45) is 0 Å². The van der Waals surface area contributed by atoms with Crippen molar-refractivity contribution >= 4 is 5.97 Å². The molecule has 1 heterocycles. The lowest BCUT2D eigenvalue weighted by molar-refractivity contribution is -0.193. The number of aliphatic hydroxyl groups is 1. The molecule has 1 atom stereocenters. The predicted molar refractivity (Wildman–Crippen MR) is 40.9 cm³/mol. The van der Waals surface area contributed by atoms with Crippen LogP contribution in [0.5, 0.6) is 0 Å². The maximum atomic E-state index is 11.0. The summed E-state index contributed by atoms with van der Waals surface area (Å²) in [5.74, 6) is -2.78. The Morgan fingerprint density at radius 3 is 2.92 bits per heavy atom. The molecule has 1 rings (SSSR count). The quantitative estimate of drug-likeness (QED) is 0.576. The van der Waals surface area contributed by atoms with E-state index < -0.39 is 11.8 Å². The molecule has 0 amide bonds. The van der Waals surface area contributed by atoms with E-state index in [2.05, 4.69) is 4.74 Å². The van der Waals surface area contributed by atoms with Crippen molar-refractivity contribution in [3.63, 3.8) is 0 Å². The van der Waals surface area contributed by atoms with Crippen LogP contribution < -0.4 is 0 Å². The monoisotopic (exact) mass is 170 g/mol. The Morgan fingerprint density at radius 1 is 1.75 bits per heavy atom. The highest BCUT2D eigenvalue weighted by Crippen LogP contribution is 2.19. The summed E-state index contributed by atoms with van der Waals surface area (Å²) in [5.41, 5.74) is 0.745. The van der Waals surface area contributed by atoms with E-state index >= 15 is 0 Å². The van der Waals surface area contributed by atoms with Gasteiger partial charge in [0.25, 0.3) is 0 Å². The second-order valence-corrected chi connectivity index (χ2v) is 2.50. The van der Waals surface area contributed by atoms with Crippen LogP contribution in [0, 0.1) is 0 Å². The molecule has 1 aliphatic rings. The van der Waals surface area contributed by atoms with E-state index in [1.54, 1.807) is 13.0 Å². The van der Waals surface area contributed by atoms with Crippen molar-refractivity contribution in [2.45, 2.75) is 12.7 Å². The summed E-state index contributed by atoms with van der Waals surface area (Å²) in [5, 5.41) is 9.49. The number of esters is 1. The maximum Gasteiger partial charge on any atom is 0.383 e. The van der Waals surface area contributed by atoms with E-state index in [-0.39, 0.29) is 0 Å². The molecule has 0 saturated carbocycles. The van der Waals surface area contributed by atoms with Gasteiger partial charge >= 0.3 is 11.8 Å². The van der Waals surface area contributed by atoms with Crippen molar-refractivity contribution in [2.75, 3.05) is 7.11 Å². The lowest BCUT2D eigenvalue weighted by Gasteiger charge is -2.23. The van der Waals surface area contributed by atoms with Gasteiger partial charge in [-0.2, -0.15) is 0 Å². The minimum absolute atomic E-state index is 0.745. The molecular formula is C8H10O4. The first-order valence-electron chi connectivity index (χ1n) is 3.43. The minimum atomic E-state index is -1.95. The van der Waals surface area contributed by atoms with Gasteiger partial charge in [0, 0.05) is 6.08 Å². The van der Waals surface area contributed by atoms with E-state index in [1.807, 2.05) is 0 Å². The molecule has 0 radical (unpaired) electrons. The number of allylic oxidation sites excluding steroid dienone is 2. The first-order valence-corrected chi connectivity index (χ1v) is 3.43. The number of methoxy groups -OCH3 is 1. The summed E-state index contributed by atoms with van der Waals surface area (Å²) in [6.07, 6.45) is 4.18. The Morgan fingerprint density at radius 2 is 2.42 bits per heavy atom. The minimum Gasteiger partial charge on any atom is -0.464 e. The Labute approximate surface area is 70.1 Å². The molecule has 0 fully saturated rings. The highest BCUT2D eigenvalue weighted by Gasteiger charge is 2.37. The molecule has 0 aromatic carbocycles. The third kappa shape index (κ3) is 1.48. The number of rotatable bonds is 1. The van der Waals surface area contributed by atoms with Crippen molar-refractivity contribution in [3.8, 4) is 0 Å². The van der Waals surface area contributed by atoms with Gasteiger partial charge < -0.3 is 14.6 Å². The Bertz CT molecular complexity index is 254. The van der Waals surface area contributed by atoms with E-state index in [4.69, 9.17) is 4.74 Å². The Kier molecular flexibility index (Phi) is 2.19. The second-order valence-electron chi connectivity index (χ2n) is 2.50. The van der Waals surface area contributed by atoms with Crippen LogP contribution in [-0.4, -0.2) is 24.0 Å². The van der Waals surface area contributed by atoms with Crippen LogP contribution in [0.2, 0.25) is 0 Å². The predicted octanol–water partition coefficient (Wildman–Crippen LogP) is 0.338. The Balaban J connectivity index is 2.87. The number of ether oxygens (including phenoxy) is 2. The number of carbonyl (C=O) groups excluding carboxylic acids is 1. The van der Waals surface area contributed by atoms with Gasteiger partial charge in [0.15, 0.2) is 0 Å². The molecule has 0 aliphatic carbocycles. The highest BCUT2D eigenvalue weighted by molar-refractivity contribution is 5.80. The number of hydrogen-bond acceptors (Lipinski definition) is 4. The van der Waals surface area contributed by atoms with Gasteiger partial charge in [-0.15, -0.1) is 0 Å². The van der Waals surface area contributed by atoms with E-state index in [1.165, 1.54) is 19.4 Å². The first kappa shape index (κ1) is 8.80. The molecule has 1 N–H and O–H groups in total. The Hall–Kier alpha value is -1.29. The first-order chi connectivity index (χ1) is 5.58. The molecule has 0 aromatic rings. The van der Waals surface area contributed by atoms with E-state index in [0.29, 0.717) is 0 Å². The van der Waals surface area contributed by atoms with Gasteiger partial charge in [0.1, 0.15) is 0 Å². The average Bonchev–Trinajstić information content (AvgIpc) is 2.02. The fraction of sp³-hybridized carbons (Fsp3) is 0.375. The van der Waals surface area contributed by atoms with Crippen molar-refractivity contribution in [1.29, 1.82) is 0 Å². The zero-order chi connectivity index (χ0) is 9.19. The standard InChI is InChI=1S/C8H10O4/c1-6-3-4-12-8(10,5-6)7(9)11-2/h3-5,10H,1-2H3. The molecule has 1 unspecified atom stereocenters. The van der Waals surface area contributed by atoms with Crippen molar-refractivity contribution in [1.82, 2.24) is 0 Å². The summed E-state index contributed by atoms with van der Waals surface area (Å²) < 4.78 is 9.06. The topological polar surface area (TPSA) is 55.8 Å². The fourth-order valence-electron chi connectivity index (χ4n) is 0.889. The molecule has 4 heteroatoms. The van der Waals surface area contributed by atoms with Gasteiger partial charge in [0.2, 0.25) is 0 Å². The van der Waals surface area contributed by atoms with Crippen LogP contribution in [0.25, 0.3) is 0 Å². The average molecular weight is 170 g/mol. The third-order valence-electron chi connectivity index (χ3n) is 1.48. The maximum absolute atomic E-state index is 11.0. The molecular weight excluding hydrogens is 160 g/mol. The summed E-state index contributed by atoms with van der Waals surface area (Å²) in [6.45, 7) is 1.74. The van der Waals surface area contributed by atoms with E-state index in [9.17, 15) is 9.90 Å². The molecule has 0 saturated heterocycles. The SMILES string of the molecule is COC(=O)C1(O)C=C(C)C=CO1. The molecule has 0 spiro atoms. The third-order valence-corrected chi connectivity index (χ3v) is 1.48. The molecule has 12 heavy (non-hydrogen) atoms. The second kappa shape index (κ2) is 2.98. The van der Waals surface area contributed by atoms with Gasteiger partial charge in [0.05, 0.1) is 13.4 Å². The lowest BCUT2D eigenvalue weighted by Crippen LogP contribution is -2.40. The zero-order valence-electron chi connectivity index (χ0n) is 6.90. The molecule has 0 aromatic heterocycles. The van der Waals surface area contributed by atoms with E-state index in [0.717, 1.165) is 5.57 Å². The number of carbonyl (C=O) groups is 1. The summed E-state index contributed by atoms with van der Waals surface area (Å²) in [6, 6.07) is 0. The largest absolute Gasteiger partial charge is 0.464 e. The van der Waals surface area contributed by atoms with Gasteiger partial charge in [-0.1, -0.05) is 0 Å². The van der Waals surface area contributed by atoms with Crippen LogP contribution in [0.1, 0.15) is 6.92 Å². The normalized spacial score (nSPS) is 27.4. The number of hydrogen-bond donors (Lipinski definition) is 1. The zero-order valence-corrected chi connectivity index (χ0v) is 6.90.